The third-order valence-electron chi connectivity index (χ3n) is 2.66. The summed E-state index contributed by atoms with van der Waals surface area (Å²) in [5, 5.41) is 0. The molecule has 0 saturated heterocycles. The van der Waals surface area contributed by atoms with Gasteiger partial charge in [-0.3, -0.25) is 9.59 Å². The Hall–Kier alpha value is -1.06. The summed E-state index contributed by atoms with van der Waals surface area (Å²) in [7, 11) is 1.39. The number of esters is 1. The fourth-order valence-corrected chi connectivity index (χ4v) is 1.78. The number of rotatable bonds is 2. The number of amides is 1. The van der Waals surface area contributed by atoms with Crippen molar-refractivity contribution in [2.24, 2.45) is 17.6 Å². The molecule has 0 radical (unpaired) electrons. The normalized spacial score (nSPS) is 28.1. The molecule has 0 heterocycles. The molecule has 0 bridgehead atoms. The number of hydrogen-bond acceptors (Lipinski definition) is 3. The molecule has 1 saturated carbocycles. The van der Waals surface area contributed by atoms with Gasteiger partial charge >= 0.3 is 5.97 Å². The van der Waals surface area contributed by atoms with Crippen LogP contribution in [0.15, 0.2) is 0 Å². The highest BCUT2D eigenvalue weighted by Gasteiger charge is 2.29. The molecule has 0 aromatic heterocycles. The van der Waals surface area contributed by atoms with Crippen LogP contribution in [-0.4, -0.2) is 19.0 Å². The maximum Gasteiger partial charge on any atom is 0.308 e. The molecule has 1 rings (SSSR count). The number of carbonyl (C=O) groups excluding carboxylic acids is 2. The molecule has 0 spiro atoms. The molecule has 0 unspecified atom stereocenters. The van der Waals surface area contributed by atoms with E-state index in [2.05, 4.69) is 4.74 Å². The molecular weight excluding hydrogens is 170 g/mol. The lowest BCUT2D eigenvalue weighted by Crippen LogP contribution is -2.30. The van der Waals surface area contributed by atoms with Gasteiger partial charge in [0, 0.05) is 5.92 Å². The van der Waals surface area contributed by atoms with Gasteiger partial charge in [0.15, 0.2) is 0 Å². The van der Waals surface area contributed by atoms with Crippen LogP contribution in [0.5, 0.6) is 0 Å². The Bertz CT molecular complexity index is 207. The maximum atomic E-state index is 11.1. The summed E-state index contributed by atoms with van der Waals surface area (Å²) in [5.41, 5.74) is 5.17. The Balaban J connectivity index is 2.39. The van der Waals surface area contributed by atoms with Crippen molar-refractivity contribution >= 4 is 11.9 Å². The van der Waals surface area contributed by atoms with Gasteiger partial charge < -0.3 is 10.5 Å². The summed E-state index contributed by atoms with van der Waals surface area (Å²) in [6.07, 6.45) is 2.88. The maximum absolute atomic E-state index is 11.1. The molecule has 1 amide bonds. The second kappa shape index (κ2) is 4.25. The van der Waals surface area contributed by atoms with Crippen LogP contribution in [0.2, 0.25) is 0 Å². The average molecular weight is 185 g/mol. The molecule has 13 heavy (non-hydrogen) atoms. The summed E-state index contributed by atoms with van der Waals surface area (Å²) in [4.78, 5) is 21.9. The third-order valence-corrected chi connectivity index (χ3v) is 2.66. The van der Waals surface area contributed by atoms with Crippen LogP contribution in [0.4, 0.5) is 0 Å². The second-order valence-electron chi connectivity index (χ2n) is 3.47. The van der Waals surface area contributed by atoms with Gasteiger partial charge in [0.25, 0.3) is 0 Å². The Labute approximate surface area is 77.4 Å². The summed E-state index contributed by atoms with van der Waals surface area (Å²) >= 11 is 0. The molecule has 1 aliphatic rings. The zero-order valence-electron chi connectivity index (χ0n) is 7.79. The minimum absolute atomic E-state index is 0.0272. The summed E-state index contributed by atoms with van der Waals surface area (Å²) in [6.45, 7) is 0. The smallest absolute Gasteiger partial charge is 0.308 e. The van der Waals surface area contributed by atoms with Gasteiger partial charge in [0.05, 0.1) is 13.0 Å². The first kappa shape index (κ1) is 10.0. The van der Waals surface area contributed by atoms with E-state index in [4.69, 9.17) is 5.73 Å². The fourth-order valence-electron chi connectivity index (χ4n) is 1.78. The quantitative estimate of drug-likeness (QED) is 0.635. The monoisotopic (exact) mass is 185 g/mol. The Kier molecular flexibility index (Phi) is 3.28. The van der Waals surface area contributed by atoms with Crippen LogP contribution in [0.3, 0.4) is 0 Å². The largest absolute Gasteiger partial charge is 0.469 e. The molecule has 0 aliphatic heterocycles. The van der Waals surface area contributed by atoms with Crippen molar-refractivity contribution in [2.45, 2.75) is 25.7 Å². The predicted octanol–water partition coefficient (Wildman–Crippen LogP) is 0.451. The molecule has 4 nitrogen and oxygen atoms in total. The SMILES string of the molecule is COC(=O)C1CCC(C(N)=O)CC1. The van der Waals surface area contributed by atoms with Crippen LogP contribution in [0.25, 0.3) is 0 Å². The highest BCUT2D eigenvalue weighted by Crippen LogP contribution is 2.29. The van der Waals surface area contributed by atoms with E-state index >= 15 is 0 Å². The van der Waals surface area contributed by atoms with Crippen LogP contribution >= 0.6 is 0 Å². The van der Waals surface area contributed by atoms with E-state index in [9.17, 15) is 9.59 Å². The third kappa shape index (κ3) is 2.44. The van der Waals surface area contributed by atoms with Crippen LogP contribution in [0.1, 0.15) is 25.7 Å². The lowest BCUT2D eigenvalue weighted by atomic mass is 9.82. The molecule has 0 aromatic rings. The summed E-state index contributed by atoms with van der Waals surface area (Å²) in [6, 6.07) is 0. The number of methoxy groups -OCH3 is 1. The van der Waals surface area contributed by atoms with Crippen molar-refractivity contribution in [2.75, 3.05) is 7.11 Å². The Morgan fingerprint density at radius 3 is 2.00 bits per heavy atom. The van der Waals surface area contributed by atoms with Gasteiger partial charge in [-0.25, -0.2) is 0 Å². The fraction of sp³-hybridized carbons (Fsp3) is 0.778. The minimum Gasteiger partial charge on any atom is -0.469 e. The van der Waals surface area contributed by atoms with Crippen LogP contribution in [-0.2, 0) is 14.3 Å². The minimum atomic E-state index is -0.247. The number of ether oxygens (including phenoxy) is 1. The second-order valence-corrected chi connectivity index (χ2v) is 3.47. The zero-order valence-corrected chi connectivity index (χ0v) is 7.79. The lowest BCUT2D eigenvalue weighted by Gasteiger charge is -2.24. The molecule has 2 N–H and O–H groups in total. The summed E-state index contributed by atoms with van der Waals surface area (Å²) < 4.78 is 4.63. The van der Waals surface area contributed by atoms with Crippen molar-refractivity contribution < 1.29 is 14.3 Å². The first-order valence-electron chi connectivity index (χ1n) is 4.52. The number of primary amides is 1. The Morgan fingerprint density at radius 1 is 1.15 bits per heavy atom. The van der Waals surface area contributed by atoms with Crippen molar-refractivity contribution in [3.8, 4) is 0 Å². The number of hydrogen-bond donors (Lipinski definition) is 1. The van der Waals surface area contributed by atoms with Crippen molar-refractivity contribution in [1.82, 2.24) is 0 Å². The first-order chi connectivity index (χ1) is 6.15. The van der Waals surface area contributed by atoms with E-state index in [1.807, 2.05) is 0 Å². The van der Waals surface area contributed by atoms with E-state index in [1.54, 1.807) is 0 Å². The van der Waals surface area contributed by atoms with Gasteiger partial charge in [-0.2, -0.15) is 0 Å². The average Bonchev–Trinajstić information content (AvgIpc) is 2.17. The molecule has 1 aliphatic carbocycles. The van der Waals surface area contributed by atoms with Crippen molar-refractivity contribution in [3.63, 3.8) is 0 Å². The highest BCUT2D eigenvalue weighted by molar-refractivity contribution is 5.77. The van der Waals surface area contributed by atoms with Gasteiger partial charge in [0.2, 0.25) is 5.91 Å². The van der Waals surface area contributed by atoms with E-state index in [0.29, 0.717) is 0 Å². The topological polar surface area (TPSA) is 69.4 Å². The van der Waals surface area contributed by atoms with Gasteiger partial charge in [-0.05, 0) is 25.7 Å². The van der Waals surface area contributed by atoms with E-state index in [0.717, 1.165) is 25.7 Å². The predicted molar refractivity (Wildman–Crippen MR) is 46.7 cm³/mol. The van der Waals surface area contributed by atoms with E-state index in [-0.39, 0.29) is 23.7 Å². The van der Waals surface area contributed by atoms with Gasteiger partial charge in [-0.15, -0.1) is 0 Å². The molecule has 4 heteroatoms. The highest BCUT2D eigenvalue weighted by atomic mass is 16.5. The van der Waals surface area contributed by atoms with Gasteiger partial charge in [0.1, 0.15) is 0 Å². The molecule has 74 valence electrons. The molecule has 0 aromatic carbocycles. The zero-order chi connectivity index (χ0) is 9.84. The lowest BCUT2D eigenvalue weighted by molar-refractivity contribution is -0.147. The van der Waals surface area contributed by atoms with E-state index in [1.165, 1.54) is 7.11 Å². The van der Waals surface area contributed by atoms with Crippen molar-refractivity contribution in [3.05, 3.63) is 0 Å². The molecule has 0 atom stereocenters. The van der Waals surface area contributed by atoms with Crippen LogP contribution in [0, 0.1) is 11.8 Å². The molecule has 1 fully saturated rings. The van der Waals surface area contributed by atoms with Gasteiger partial charge in [-0.1, -0.05) is 0 Å². The number of carbonyl (C=O) groups is 2. The number of nitrogens with two attached hydrogens (primary N) is 1. The standard InChI is InChI=1S/C9H15NO3/c1-13-9(12)7-4-2-6(3-5-7)8(10)11/h6-7H,2-5H2,1H3,(H2,10,11). The Morgan fingerprint density at radius 2 is 1.62 bits per heavy atom. The van der Waals surface area contributed by atoms with Crippen LogP contribution < -0.4 is 5.73 Å². The summed E-state index contributed by atoms with van der Waals surface area (Å²) in [5.74, 6) is -0.479. The first-order valence-corrected chi connectivity index (χ1v) is 4.52. The van der Waals surface area contributed by atoms with E-state index < -0.39 is 0 Å². The van der Waals surface area contributed by atoms with Crippen molar-refractivity contribution in [1.29, 1.82) is 0 Å². The molecular formula is C9H15NO3.